The maximum atomic E-state index is 14.1. The average Bonchev–Trinajstić information content (AvgIpc) is 3.70. The summed E-state index contributed by atoms with van der Waals surface area (Å²) in [4.78, 5) is 24.9. The number of thiol groups is 1. The standard InChI is InChI=1S/C40H61IO13S/c1-20-14-25(7-9-29-21(2)15-24(50-29)6-5-13-42)51-31(22(20)3)18-32-34(38(49-4)33(53-32)16-23(44)19-43)40(55)28(46)17-26-8-10-30-39(52-26)36(48)35(47)37(54-30)27(45)11-12-41/h11-13,20,23-27,29-40,43-45,47-48,55H,2-3,5-10,14-19H2,1,4H3/b12-11+/t20-,23?,24?,25+,26-,27?,29+,30?,31-,32+,33-,34?,35?,36?,37?,38+,39+,40?/m1/s1. The van der Waals surface area contributed by atoms with E-state index in [1.165, 1.54) is 13.2 Å². The summed E-state index contributed by atoms with van der Waals surface area (Å²) in [6.45, 7) is 10.3. The molecule has 0 aromatic carbocycles. The maximum Gasteiger partial charge on any atom is 0.148 e. The number of Topliss-reactive ketones (excluding diaryl/α,β-unsaturated/α-hetero) is 1. The predicted molar refractivity (Wildman–Crippen MR) is 214 cm³/mol. The van der Waals surface area contributed by atoms with E-state index in [0.29, 0.717) is 32.1 Å². The first-order valence-corrected chi connectivity index (χ1v) is 21.5. The lowest BCUT2D eigenvalue weighted by Crippen LogP contribution is -2.63. The molecule has 0 saturated carbocycles. The summed E-state index contributed by atoms with van der Waals surface area (Å²) in [5.41, 5.74) is 1.98. The number of halogens is 1. The lowest BCUT2D eigenvalue weighted by Gasteiger charge is -2.47. The topological polar surface area (TPSA) is 191 Å². The fourth-order valence-electron chi connectivity index (χ4n) is 9.15. The minimum atomic E-state index is -1.39. The SMILES string of the molecule is C=C1CC(CCC=O)O[C@H]1CC[C@H]1C[C@@H](C)C(=C)[C@@H](C[C@@H]2O[C@H](CC(O)CO)[C@H](OC)C2C(S)C(=O)C[C@H]2CCC3OC(C(O)/C=C/I)C(O)C(O)[C@H]3O2)O1. The molecule has 0 bridgehead atoms. The molecular formula is C40H61IO13S. The molecule has 5 saturated heterocycles. The van der Waals surface area contributed by atoms with E-state index in [2.05, 4.69) is 20.1 Å². The van der Waals surface area contributed by atoms with Crippen molar-refractivity contribution < 1.29 is 63.5 Å². The zero-order valence-corrected chi connectivity index (χ0v) is 34.9. The summed E-state index contributed by atoms with van der Waals surface area (Å²) in [6, 6.07) is 0. The Kier molecular flexibility index (Phi) is 17.2. The fourth-order valence-corrected chi connectivity index (χ4v) is 10.0. The molecule has 5 fully saturated rings. The Hall–Kier alpha value is -0.800. The highest BCUT2D eigenvalue weighted by molar-refractivity contribution is 14.1. The first-order chi connectivity index (χ1) is 26.3. The Bertz CT molecular complexity index is 1330. The Labute approximate surface area is 343 Å². The van der Waals surface area contributed by atoms with E-state index in [4.69, 9.17) is 41.0 Å². The molecule has 9 unspecified atom stereocenters. The molecule has 5 heterocycles. The summed E-state index contributed by atoms with van der Waals surface area (Å²) in [5, 5.41) is 51.3. The van der Waals surface area contributed by atoms with Crippen LogP contribution < -0.4 is 0 Å². The lowest BCUT2D eigenvalue weighted by molar-refractivity contribution is -0.273. The predicted octanol–water partition coefficient (Wildman–Crippen LogP) is 2.95. The number of hydrogen-bond acceptors (Lipinski definition) is 14. The third-order valence-electron chi connectivity index (χ3n) is 12.2. The zero-order chi connectivity index (χ0) is 40.0. The Morgan fingerprint density at radius 2 is 1.75 bits per heavy atom. The van der Waals surface area contributed by atoms with Crippen LogP contribution in [0.15, 0.2) is 34.5 Å². The van der Waals surface area contributed by atoms with Crippen molar-refractivity contribution >= 4 is 47.3 Å². The smallest absolute Gasteiger partial charge is 0.148 e. The number of fused-ring (bicyclic) bond motifs is 1. The van der Waals surface area contributed by atoms with E-state index in [0.717, 1.165) is 43.1 Å². The number of ketones is 1. The van der Waals surface area contributed by atoms with Gasteiger partial charge in [0, 0.05) is 38.7 Å². The minimum Gasteiger partial charge on any atom is -0.394 e. The van der Waals surface area contributed by atoms with Gasteiger partial charge in [-0.25, -0.2) is 0 Å². The normalized spacial score (nSPS) is 41.3. The van der Waals surface area contributed by atoms with E-state index in [9.17, 15) is 35.1 Å². The molecule has 0 amide bonds. The van der Waals surface area contributed by atoms with Crippen LogP contribution in [0.4, 0.5) is 0 Å². The Balaban J connectivity index is 1.24. The van der Waals surface area contributed by atoms with Crippen LogP contribution in [0.2, 0.25) is 0 Å². The van der Waals surface area contributed by atoms with Gasteiger partial charge in [0.15, 0.2) is 0 Å². The van der Waals surface area contributed by atoms with Gasteiger partial charge in [-0.1, -0.05) is 42.7 Å². The van der Waals surface area contributed by atoms with Gasteiger partial charge in [0.1, 0.15) is 42.6 Å². The first kappa shape index (κ1) is 45.3. The van der Waals surface area contributed by atoms with Crippen molar-refractivity contribution in [2.75, 3.05) is 13.7 Å². The molecule has 312 valence electrons. The van der Waals surface area contributed by atoms with Crippen molar-refractivity contribution in [1.82, 2.24) is 0 Å². The van der Waals surface area contributed by atoms with Gasteiger partial charge in [0.25, 0.3) is 0 Å². The quantitative estimate of drug-likeness (QED) is 0.0511. The van der Waals surface area contributed by atoms with Gasteiger partial charge < -0.3 is 58.7 Å². The number of aliphatic hydroxyl groups is 5. The van der Waals surface area contributed by atoms with Gasteiger partial charge in [0.05, 0.1) is 72.9 Å². The van der Waals surface area contributed by atoms with E-state index in [-0.39, 0.29) is 49.0 Å². The Morgan fingerprint density at radius 1 is 1.00 bits per heavy atom. The van der Waals surface area contributed by atoms with Crippen LogP contribution in [0.1, 0.15) is 77.6 Å². The highest BCUT2D eigenvalue weighted by Gasteiger charge is 2.53. The van der Waals surface area contributed by atoms with Gasteiger partial charge in [-0.05, 0) is 72.2 Å². The second-order valence-electron chi connectivity index (χ2n) is 16.0. The minimum absolute atomic E-state index is 0.0102. The molecule has 55 heavy (non-hydrogen) atoms. The van der Waals surface area contributed by atoms with Crippen LogP contribution in [-0.4, -0.2) is 148 Å². The second kappa shape index (κ2) is 20.9. The van der Waals surface area contributed by atoms with Crippen LogP contribution in [-0.2, 0) is 38.0 Å². The molecule has 15 heteroatoms. The van der Waals surface area contributed by atoms with Gasteiger partial charge in [0.2, 0.25) is 0 Å². The highest BCUT2D eigenvalue weighted by atomic mass is 127. The summed E-state index contributed by atoms with van der Waals surface area (Å²) in [5.74, 6) is -0.584. The number of rotatable bonds is 18. The molecule has 0 aromatic rings. The van der Waals surface area contributed by atoms with Crippen molar-refractivity contribution in [3.05, 3.63) is 34.5 Å². The highest BCUT2D eigenvalue weighted by Crippen LogP contribution is 2.43. The van der Waals surface area contributed by atoms with Crippen molar-refractivity contribution in [2.45, 2.75) is 174 Å². The van der Waals surface area contributed by atoms with Gasteiger partial charge >= 0.3 is 0 Å². The molecule has 13 nitrogen and oxygen atoms in total. The van der Waals surface area contributed by atoms with Crippen LogP contribution >= 0.6 is 35.2 Å². The first-order valence-electron chi connectivity index (χ1n) is 19.7. The number of aldehydes is 1. The van der Waals surface area contributed by atoms with Crippen molar-refractivity contribution in [1.29, 1.82) is 0 Å². The molecule has 0 aliphatic carbocycles. The number of aliphatic hydroxyl groups excluding tert-OH is 5. The maximum absolute atomic E-state index is 14.1. The van der Waals surface area contributed by atoms with Crippen molar-refractivity contribution in [3.63, 3.8) is 0 Å². The van der Waals surface area contributed by atoms with Crippen LogP contribution in [0.25, 0.3) is 0 Å². The summed E-state index contributed by atoms with van der Waals surface area (Å²) in [7, 11) is 1.53. The van der Waals surface area contributed by atoms with E-state index < -0.39 is 84.9 Å². The third kappa shape index (κ3) is 11.1. The van der Waals surface area contributed by atoms with Crippen LogP contribution in [0.5, 0.6) is 0 Å². The van der Waals surface area contributed by atoms with Crippen molar-refractivity contribution in [3.8, 4) is 0 Å². The molecule has 5 rings (SSSR count). The summed E-state index contributed by atoms with van der Waals surface area (Å²) in [6.07, 6.45) is -2.20. The number of methoxy groups -OCH3 is 1. The average molecular weight is 909 g/mol. The lowest BCUT2D eigenvalue weighted by atomic mass is 9.81. The molecular weight excluding hydrogens is 847 g/mol. The number of carbonyl (C=O) groups excluding carboxylic acids is 2. The monoisotopic (exact) mass is 908 g/mol. The molecule has 5 aliphatic rings. The zero-order valence-electron chi connectivity index (χ0n) is 31.9. The van der Waals surface area contributed by atoms with E-state index >= 15 is 0 Å². The van der Waals surface area contributed by atoms with Crippen LogP contribution in [0, 0.1) is 11.8 Å². The fraction of sp³-hybridized carbons (Fsp3) is 0.800. The molecule has 5 N–H and O–H groups in total. The van der Waals surface area contributed by atoms with Crippen molar-refractivity contribution in [2.24, 2.45) is 11.8 Å². The summed E-state index contributed by atoms with van der Waals surface area (Å²) < 4.78 is 39.2. The largest absolute Gasteiger partial charge is 0.394 e. The second-order valence-corrected chi connectivity index (χ2v) is 17.3. The molecule has 0 spiro atoms. The number of ether oxygens (including phenoxy) is 6. The number of carbonyl (C=O) groups is 2. The van der Waals surface area contributed by atoms with E-state index in [1.807, 2.05) is 22.6 Å². The third-order valence-corrected chi connectivity index (χ3v) is 13.3. The van der Waals surface area contributed by atoms with Gasteiger partial charge in [-0.2, -0.15) is 12.6 Å². The van der Waals surface area contributed by atoms with E-state index in [1.54, 1.807) is 4.08 Å². The summed E-state index contributed by atoms with van der Waals surface area (Å²) >= 11 is 6.85. The number of hydrogen-bond donors (Lipinski definition) is 6. The van der Waals surface area contributed by atoms with Gasteiger partial charge in [-0.3, -0.25) is 4.79 Å². The molecule has 5 aliphatic heterocycles. The van der Waals surface area contributed by atoms with Crippen LogP contribution in [0.3, 0.4) is 0 Å². The van der Waals surface area contributed by atoms with Gasteiger partial charge in [-0.15, -0.1) is 0 Å². The molecule has 0 aromatic heterocycles. The Morgan fingerprint density at radius 3 is 2.44 bits per heavy atom. The molecule has 18 atom stereocenters. The molecule has 0 radical (unpaired) electrons.